The Hall–Kier alpha value is -0.900. The zero-order valence-corrected chi connectivity index (χ0v) is 11.3. The molecule has 3 rings (SSSR count). The Morgan fingerprint density at radius 1 is 1.28 bits per heavy atom. The summed E-state index contributed by atoms with van der Waals surface area (Å²) in [4.78, 5) is 0. The lowest BCUT2D eigenvalue weighted by molar-refractivity contribution is 0.0920. The molecular weight excluding hydrogens is 242 g/mol. The lowest BCUT2D eigenvalue weighted by atomic mass is 10.1. The lowest BCUT2D eigenvalue weighted by Crippen LogP contribution is -2.37. The summed E-state index contributed by atoms with van der Waals surface area (Å²) in [6.45, 7) is 2.72. The average Bonchev–Trinajstić information content (AvgIpc) is 2.84. The van der Waals surface area contributed by atoms with Crippen molar-refractivity contribution in [3.63, 3.8) is 0 Å². The number of hydrogen-bond acceptors (Lipinski definition) is 3. The van der Waals surface area contributed by atoms with Gasteiger partial charge < -0.3 is 10.1 Å². The average molecular weight is 261 g/mol. The summed E-state index contributed by atoms with van der Waals surface area (Å²) < 4.78 is 7.22. The van der Waals surface area contributed by atoms with Crippen LogP contribution in [0.2, 0.25) is 0 Å². The van der Waals surface area contributed by atoms with Crippen LogP contribution in [-0.4, -0.2) is 19.2 Å². The summed E-state index contributed by atoms with van der Waals surface area (Å²) >= 11 is 1.80. The van der Waals surface area contributed by atoms with Gasteiger partial charge in [0.1, 0.15) is 0 Å². The largest absolute Gasteiger partial charge is 0.375 e. The predicted molar refractivity (Wildman–Crippen MR) is 77.1 cm³/mol. The quantitative estimate of drug-likeness (QED) is 0.908. The number of ether oxygens (including phenoxy) is 1. The first kappa shape index (κ1) is 12.2. The zero-order chi connectivity index (χ0) is 12.2. The van der Waals surface area contributed by atoms with Gasteiger partial charge in [-0.1, -0.05) is 24.6 Å². The van der Waals surface area contributed by atoms with Gasteiger partial charge in [-0.3, -0.25) is 0 Å². The monoisotopic (exact) mass is 261 g/mol. The Kier molecular flexibility index (Phi) is 3.93. The van der Waals surface area contributed by atoms with Crippen molar-refractivity contribution in [2.75, 3.05) is 13.2 Å². The molecule has 3 heteroatoms. The van der Waals surface area contributed by atoms with Crippen LogP contribution in [0.15, 0.2) is 29.6 Å². The van der Waals surface area contributed by atoms with Crippen molar-refractivity contribution in [1.82, 2.24) is 5.32 Å². The summed E-state index contributed by atoms with van der Waals surface area (Å²) in [6, 6.07) is 9.11. The van der Waals surface area contributed by atoms with Crippen molar-refractivity contribution in [3.8, 4) is 0 Å². The van der Waals surface area contributed by atoms with Gasteiger partial charge in [0, 0.05) is 10.7 Å². The molecule has 0 bridgehead atoms. The third-order valence-electron chi connectivity index (χ3n) is 3.55. The van der Waals surface area contributed by atoms with E-state index in [1.165, 1.54) is 34.9 Å². The minimum absolute atomic E-state index is 0.559. The van der Waals surface area contributed by atoms with Crippen LogP contribution in [0.25, 0.3) is 10.1 Å². The van der Waals surface area contributed by atoms with Gasteiger partial charge in [0.15, 0.2) is 0 Å². The van der Waals surface area contributed by atoms with E-state index >= 15 is 0 Å². The molecule has 1 aliphatic heterocycles. The molecule has 0 spiro atoms. The first-order chi connectivity index (χ1) is 8.93. The molecule has 1 saturated heterocycles. The molecule has 1 fully saturated rings. The highest BCUT2D eigenvalue weighted by atomic mass is 32.1. The SMILES string of the molecule is c1ccc2c(COCC3CCCCN3)csc2c1. The third-order valence-corrected chi connectivity index (χ3v) is 4.56. The van der Waals surface area contributed by atoms with Gasteiger partial charge in [-0.25, -0.2) is 0 Å². The molecule has 2 heterocycles. The molecule has 0 aliphatic carbocycles. The minimum Gasteiger partial charge on any atom is -0.375 e. The molecule has 18 heavy (non-hydrogen) atoms. The van der Waals surface area contributed by atoms with E-state index in [0.29, 0.717) is 6.04 Å². The Bertz CT molecular complexity index is 502. The van der Waals surface area contributed by atoms with Crippen molar-refractivity contribution in [2.45, 2.75) is 31.9 Å². The van der Waals surface area contributed by atoms with Gasteiger partial charge in [-0.15, -0.1) is 11.3 Å². The molecule has 2 nitrogen and oxygen atoms in total. The molecule has 1 aliphatic rings. The Labute approximate surface area is 112 Å². The molecule has 1 aromatic carbocycles. The van der Waals surface area contributed by atoms with Gasteiger partial charge in [-0.2, -0.15) is 0 Å². The van der Waals surface area contributed by atoms with Crippen molar-refractivity contribution in [1.29, 1.82) is 0 Å². The highest BCUT2D eigenvalue weighted by Gasteiger charge is 2.12. The number of benzene rings is 1. The second-order valence-electron chi connectivity index (χ2n) is 4.92. The third kappa shape index (κ3) is 2.74. The highest BCUT2D eigenvalue weighted by Crippen LogP contribution is 2.26. The maximum absolute atomic E-state index is 5.87. The van der Waals surface area contributed by atoms with Gasteiger partial charge in [0.05, 0.1) is 13.2 Å². The van der Waals surface area contributed by atoms with E-state index in [1.807, 2.05) is 0 Å². The summed E-state index contributed by atoms with van der Waals surface area (Å²) in [5.41, 5.74) is 1.33. The van der Waals surface area contributed by atoms with Crippen molar-refractivity contribution >= 4 is 21.4 Å². The van der Waals surface area contributed by atoms with Crippen LogP contribution in [0, 0.1) is 0 Å². The molecule has 1 atom stereocenters. The standard InChI is InChI=1S/C15H19NOS/c1-2-7-15-14(6-1)12(11-18-15)9-17-10-13-5-3-4-8-16-13/h1-2,6-7,11,13,16H,3-5,8-10H2. The van der Waals surface area contributed by atoms with Crippen LogP contribution < -0.4 is 5.32 Å². The number of nitrogens with one attached hydrogen (secondary N) is 1. The van der Waals surface area contributed by atoms with E-state index in [2.05, 4.69) is 35.0 Å². The molecular formula is C15H19NOS. The maximum atomic E-state index is 5.87. The Balaban J connectivity index is 1.56. The number of thiophene rings is 1. The number of piperidine rings is 1. The number of fused-ring (bicyclic) bond motifs is 1. The number of hydrogen-bond donors (Lipinski definition) is 1. The Morgan fingerprint density at radius 2 is 2.22 bits per heavy atom. The lowest BCUT2D eigenvalue weighted by Gasteiger charge is -2.23. The smallest absolute Gasteiger partial charge is 0.0731 e. The fraction of sp³-hybridized carbons (Fsp3) is 0.467. The van der Waals surface area contributed by atoms with E-state index < -0.39 is 0 Å². The molecule has 0 saturated carbocycles. The molecule has 1 unspecified atom stereocenters. The van der Waals surface area contributed by atoms with E-state index in [0.717, 1.165) is 19.8 Å². The Morgan fingerprint density at radius 3 is 3.11 bits per heavy atom. The van der Waals surface area contributed by atoms with Crippen LogP contribution in [0.1, 0.15) is 24.8 Å². The fourth-order valence-corrected chi connectivity index (χ4v) is 3.47. The summed E-state index contributed by atoms with van der Waals surface area (Å²) in [7, 11) is 0. The molecule has 0 radical (unpaired) electrons. The molecule has 1 N–H and O–H groups in total. The van der Waals surface area contributed by atoms with Crippen molar-refractivity contribution in [2.24, 2.45) is 0 Å². The van der Waals surface area contributed by atoms with E-state index in [1.54, 1.807) is 11.3 Å². The second kappa shape index (κ2) is 5.83. The molecule has 0 amide bonds. The normalized spacial score (nSPS) is 20.3. The molecule has 2 aromatic rings. The van der Waals surface area contributed by atoms with E-state index in [4.69, 9.17) is 4.74 Å². The zero-order valence-electron chi connectivity index (χ0n) is 10.5. The summed E-state index contributed by atoms with van der Waals surface area (Å²) in [6.07, 6.45) is 3.90. The first-order valence-electron chi connectivity index (χ1n) is 6.70. The highest BCUT2D eigenvalue weighted by molar-refractivity contribution is 7.17. The topological polar surface area (TPSA) is 21.3 Å². The molecule has 96 valence electrons. The van der Waals surface area contributed by atoms with Gasteiger partial charge in [0.25, 0.3) is 0 Å². The van der Waals surface area contributed by atoms with Crippen LogP contribution in [0.5, 0.6) is 0 Å². The van der Waals surface area contributed by atoms with Crippen LogP contribution in [-0.2, 0) is 11.3 Å². The van der Waals surface area contributed by atoms with Gasteiger partial charge >= 0.3 is 0 Å². The van der Waals surface area contributed by atoms with Crippen molar-refractivity contribution < 1.29 is 4.74 Å². The fourth-order valence-electron chi connectivity index (χ4n) is 2.52. The van der Waals surface area contributed by atoms with Crippen LogP contribution in [0.4, 0.5) is 0 Å². The van der Waals surface area contributed by atoms with Gasteiger partial charge in [0.2, 0.25) is 0 Å². The van der Waals surface area contributed by atoms with E-state index in [-0.39, 0.29) is 0 Å². The van der Waals surface area contributed by atoms with Gasteiger partial charge in [-0.05, 0) is 41.8 Å². The summed E-state index contributed by atoms with van der Waals surface area (Å²) in [5, 5.41) is 7.08. The molecule has 1 aromatic heterocycles. The van der Waals surface area contributed by atoms with Crippen LogP contribution in [0.3, 0.4) is 0 Å². The summed E-state index contributed by atoms with van der Waals surface area (Å²) in [5.74, 6) is 0. The number of rotatable bonds is 4. The van der Waals surface area contributed by atoms with Crippen LogP contribution >= 0.6 is 11.3 Å². The maximum Gasteiger partial charge on any atom is 0.0731 e. The minimum atomic E-state index is 0.559. The van der Waals surface area contributed by atoms with E-state index in [9.17, 15) is 0 Å². The second-order valence-corrected chi connectivity index (χ2v) is 5.83. The van der Waals surface area contributed by atoms with Crippen molar-refractivity contribution in [3.05, 3.63) is 35.2 Å². The first-order valence-corrected chi connectivity index (χ1v) is 7.58. The predicted octanol–water partition coefficient (Wildman–Crippen LogP) is 3.56.